The van der Waals surface area contributed by atoms with Crippen molar-refractivity contribution in [2.24, 2.45) is 0 Å². The number of nitrogens with one attached hydrogen (secondary N) is 1. The number of carbonyl (C=O) groups is 1. The number of hydrogen-bond acceptors (Lipinski definition) is 2. The monoisotopic (exact) mass is 322 g/mol. The van der Waals surface area contributed by atoms with Gasteiger partial charge in [-0.1, -0.05) is 60.9 Å². The molecule has 0 aromatic heterocycles. The molecule has 1 N–H and O–H groups in total. The molecule has 1 unspecified atom stereocenters. The number of rotatable bonds is 5. The Balaban J connectivity index is 1.87. The fourth-order valence-corrected chi connectivity index (χ4v) is 3.46. The summed E-state index contributed by atoms with van der Waals surface area (Å²) in [6.45, 7) is 2.07. The molecule has 1 saturated carbocycles. The second-order valence-corrected chi connectivity index (χ2v) is 6.75. The van der Waals surface area contributed by atoms with Crippen LogP contribution in [0.2, 0.25) is 0 Å². The molecular weight excluding hydrogens is 296 g/mol. The average molecular weight is 322 g/mol. The van der Waals surface area contributed by atoms with Crippen LogP contribution in [-0.4, -0.2) is 19.0 Å². The molecule has 0 saturated heterocycles. The fourth-order valence-electron chi connectivity index (χ4n) is 3.46. The third-order valence-corrected chi connectivity index (χ3v) is 4.89. The van der Waals surface area contributed by atoms with E-state index in [4.69, 9.17) is 0 Å². The predicted molar refractivity (Wildman–Crippen MR) is 99.2 cm³/mol. The van der Waals surface area contributed by atoms with Crippen molar-refractivity contribution in [2.45, 2.75) is 44.7 Å². The zero-order valence-corrected chi connectivity index (χ0v) is 14.5. The van der Waals surface area contributed by atoms with Crippen LogP contribution in [0.15, 0.2) is 54.6 Å². The number of para-hydroxylation sites is 1. The first kappa shape index (κ1) is 16.6. The van der Waals surface area contributed by atoms with Crippen molar-refractivity contribution < 1.29 is 4.79 Å². The molecule has 1 aliphatic carbocycles. The standard InChI is InChI=1S/C21H26N2O/c1-16-12-14-17(15-13-16)20(21(24)22-18-8-6-7-9-18)23(2)19-10-4-3-5-11-19/h3-5,10-15,18,20H,6-9H2,1-2H3,(H,22,24). The largest absolute Gasteiger partial charge is 0.359 e. The number of hydrogen-bond donors (Lipinski definition) is 1. The van der Waals surface area contributed by atoms with Gasteiger partial charge in [-0.05, 0) is 37.5 Å². The molecule has 126 valence electrons. The Kier molecular flexibility index (Phi) is 5.19. The van der Waals surface area contributed by atoms with E-state index in [9.17, 15) is 4.79 Å². The van der Waals surface area contributed by atoms with Crippen molar-refractivity contribution in [3.63, 3.8) is 0 Å². The van der Waals surface area contributed by atoms with Gasteiger partial charge < -0.3 is 10.2 Å². The number of benzene rings is 2. The number of likely N-dealkylation sites (N-methyl/N-ethyl adjacent to an activating group) is 1. The Bertz CT molecular complexity index is 660. The lowest BCUT2D eigenvalue weighted by Gasteiger charge is -2.30. The maximum Gasteiger partial charge on any atom is 0.247 e. The van der Waals surface area contributed by atoms with Gasteiger partial charge in [-0.2, -0.15) is 0 Å². The van der Waals surface area contributed by atoms with Crippen LogP contribution in [0.1, 0.15) is 42.9 Å². The number of nitrogens with zero attached hydrogens (tertiary/aromatic N) is 1. The average Bonchev–Trinajstić information content (AvgIpc) is 3.10. The first-order chi connectivity index (χ1) is 11.6. The molecule has 0 spiro atoms. The van der Waals surface area contributed by atoms with Gasteiger partial charge in [0.15, 0.2) is 0 Å². The second kappa shape index (κ2) is 7.52. The summed E-state index contributed by atoms with van der Waals surface area (Å²) in [6.07, 6.45) is 4.63. The van der Waals surface area contributed by atoms with E-state index in [2.05, 4.69) is 41.4 Å². The number of aryl methyl sites for hydroxylation is 1. The molecule has 1 amide bonds. The highest BCUT2D eigenvalue weighted by molar-refractivity contribution is 5.86. The van der Waals surface area contributed by atoms with Crippen LogP contribution < -0.4 is 10.2 Å². The van der Waals surface area contributed by atoms with Crippen molar-refractivity contribution in [3.05, 3.63) is 65.7 Å². The smallest absolute Gasteiger partial charge is 0.247 e. The molecule has 0 heterocycles. The van der Waals surface area contributed by atoms with Crippen molar-refractivity contribution in [3.8, 4) is 0 Å². The minimum Gasteiger partial charge on any atom is -0.359 e. The molecule has 3 rings (SSSR count). The van der Waals surface area contributed by atoms with Crippen LogP contribution >= 0.6 is 0 Å². The van der Waals surface area contributed by atoms with Crippen LogP contribution in [0.5, 0.6) is 0 Å². The number of anilines is 1. The molecule has 2 aromatic rings. The van der Waals surface area contributed by atoms with E-state index in [0.717, 1.165) is 24.1 Å². The molecule has 0 radical (unpaired) electrons. The van der Waals surface area contributed by atoms with Gasteiger partial charge in [-0.25, -0.2) is 0 Å². The molecule has 2 aromatic carbocycles. The van der Waals surface area contributed by atoms with Gasteiger partial charge in [0, 0.05) is 18.8 Å². The van der Waals surface area contributed by atoms with E-state index < -0.39 is 0 Å². The first-order valence-electron chi connectivity index (χ1n) is 8.80. The van der Waals surface area contributed by atoms with Crippen LogP contribution in [0.25, 0.3) is 0 Å². The Morgan fingerprint density at radius 1 is 1.04 bits per heavy atom. The normalized spacial score (nSPS) is 15.9. The first-order valence-corrected chi connectivity index (χ1v) is 8.80. The van der Waals surface area contributed by atoms with E-state index in [1.807, 2.05) is 37.4 Å². The lowest BCUT2D eigenvalue weighted by Crippen LogP contribution is -2.42. The fraction of sp³-hybridized carbons (Fsp3) is 0.381. The molecule has 0 bridgehead atoms. The Morgan fingerprint density at radius 3 is 2.29 bits per heavy atom. The summed E-state index contributed by atoms with van der Waals surface area (Å²) in [5.74, 6) is 0.0945. The van der Waals surface area contributed by atoms with Gasteiger partial charge >= 0.3 is 0 Å². The predicted octanol–water partition coefficient (Wildman–Crippen LogP) is 4.23. The van der Waals surface area contributed by atoms with Gasteiger partial charge in [0.05, 0.1) is 0 Å². The summed E-state index contributed by atoms with van der Waals surface area (Å²) in [4.78, 5) is 15.1. The zero-order valence-electron chi connectivity index (χ0n) is 14.5. The van der Waals surface area contributed by atoms with Gasteiger partial charge in [0.25, 0.3) is 0 Å². The Labute approximate surface area is 144 Å². The molecule has 3 nitrogen and oxygen atoms in total. The van der Waals surface area contributed by atoms with Crippen LogP contribution in [0.4, 0.5) is 5.69 Å². The third-order valence-electron chi connectivity index (χ3n) is 4.89. The van der Waals surface area contributed by atoms with Crippen molar-refractivity contribution in [2.75, 3.05) is 11.9 Å². The van der Waals surface area contributed by atoms with E-state index in [1.54, 1.807) is 0 Å². The van der Waals surface area contributed by atoms with Gasteiger partial charge in [-0.3, -0.25) is 4.79 Å². The number of carbonyl (C=O) groups excluding carboxylic acids is 1. The SMILES string of the molecule is Cc1ccc(C(C(=O)NC2CCCC2)N(C)c2ccccc2)cc1. The quantitative estimate of drug-likeness (QED) is 0.893. The van der Waals surface area contributed by atoms with Crippen molar-refractivity contribution in [1.29, 1.82) is 0 Å². The molecule has 1 atom stereocenters. The van der Waals surface area contributed by atoms with Crippen molar-refractivity contribution in [1.82, 2.24) is 5.32 Å². The summed E-state index contributed by atoms with van der Waals surface area (Å²) in [6, 6.07) is 18.4. The highest BCUT2D eigenvalue weighted by atomic mass is 16.2. The molecule has 3 heteroatoms. The highest BCUT2D eigenvalue weighted by Crippen LogP contribution is 2.27. The summed E-state index contributed by atoms with van der Waals surface area (Å²) in [5, 5.41) is 3.26. The van der Waals surface area contributed by atoms with E-state index in [0.29, 0.717) is 6.04 Å². The summed E-state index contributed by atoms with van der Waals surface area (Å²) in [5.41, 5.74) is 3.28. The van der Waals surface area contributed by atoms with Crippen LogP contribution in [-0.2, 0) is 4.79 Å². The lowest BCUT2D eigenvalue weighted by molar-refractivity contribution is -0.123. The molecule has 0 aliphatic heterocycles. The maximum atomic E-state index is 13.0. The van der Waals surface area contributed by atoms with Crippen LogP contribution in [0, 0.1) is 6.92 Å². The number of amides is 1. The molecular formula is C21H26N2O. The van der Waals surface area contributed by atoms with E-state index in [1.165, 1.54) is 18.4 Å². The van der Waals surface area contributed by atoms with E-state index >= 15 is 0 Å². The zero-order chi connectivity index (χ0) is 16.9. The van der Waals surface area contributed by atoms with Crippen LogP contribution in [0.3, 0.4) is 0 Å². The second-order valence-electron chi connectivity index (χ2n) is 6.75. The maximum absolute atomic E-state index is 13.0. The molecule has 1 fully saturated rings. The summed E-state index contributed by atoms with van der Waals surface area (Å²) in [7, 11) is 1.99. The van der Waals surface area contributed by atoms with E-state index in [-0.39, 0.29) is 11.9 Å². The molecule has 24 heavy (non-hydrogen) atoms. The Morgan fingerprint density at radius 2 is 1.67 bits per heavy atom. The Hall–Kier alpha value is -2.29. The third kappa shape index (κ3) is 3.78. The lowest BCUT2D eigenvalue weighted by atomic mass is 10.0. The minimum atomic E-state index is -0.311. The van der Waals surface area contributed by atoms with Gasteiger partial charge in [-0.15, -0.1) is 0 Å². The topological polar surface area (TPSA) is 32.3 Å². The summed E-state index contributed by atoms with van der Waals surface area (Å²) < 4.78 is 0. The minimum absolute atomic E-state index is 0.0945. The van der Waals surface area contributed by atoms with Crippen molar-refractivity contribution >= 4 is 11.6 Å². The summed E-state index contributed by atoms with van der Waals surface area (Å²) >= 11 is 0. The van der Waals surface area contributed by atoms with Gasteiger partial charge in [0.1, 0.15) is 6.04 Å². The molecule has 1 aliphatic rings. The van der Waals surface area contributed by atoms with Gasteiger partial charge in [0.2, 0.25) is 5.91 Å². The highest BCUT2D eigenvalue weighted by Gasteiger charge is 2.28.